The summed E-state index contributed by atoms with van der Waals surface area (Å²) in [6.45, 7) is 0.907. The highest BCUT2D eigenvalue weighted by molar-refractivity contribution is 7.94. The second-order valence-electron chi connectivity index (χ2n) is 4.64. The average Bonchev–Trinajstić information content (AvgIpc) is 2.90. The van der Waals surface area contributed by atoms with Crippen molar-refractivity contribution in [2.75, 3.05) is 11.3 Å². The first-order valence-electron chi connectivity index (χ1n) is 6.38. The molecule has 0 amide bonds. The summed E-state index contributed by atoms with van der Waals surface area (Å²) in [7, 11) is -3.50. The van der Waals surface area contributed by atoms with Crippen molar-refractivity contribution in [3.05, 3.63) is 28.6 Å². The van der Waals surface area contributed by atoms with Crippen LogP contribution in [0.4, 0.5) is 5.13 Å². The fourth-order valence-electron chi connectivity index (χ4n) is 1.76. The van der Waals surface area contributed by atoms with Gasteiger partial charge < -0.3 is 5.32 Å². The van der Waals surface area contributed by atoms with Gasteiger partial charge in [-0.3, -0.25) is 4.72 Å². The van der Waals surface area contributed by atoms with Crippen LogP contribution in [0.5, 0.6) is 0 Å². The minimum absolute atomic E-state index is 0.342. The molecule has 0 spiro atoms. The Labute approximate surface area is 126 Å². The van der Waals surface area contributed by atoms with Crippen LogP contribution in [-0.2, 0) is 16.4 Å². The Morgan fingerprint density at radius 3 is 2.90 bits per heavy atom. The van der Waals surface area contributed by atoms with Gasteiger partial charge in [-0.1, -0.05) is 0 Å². The third-order valence-electron chi connectivity index (χ3n) is 2.94. The molecule has 2 aromatic rings. The number of sulfonamides is 1. The lowest BCUT2D eigenvalue weighted by Gasteiger charge is -2.02. The molecule has 0 aliphatic heterocycles. The van der Waals surface area contributed by atoms with Crippen molar-refractivity contribution in [2.45, 2.75) is 29.5 Å². The van der Waals surface area contributed by atoms with E-state index in [2.05, 4.69) is 15.0 Å². The Balaban J connectivity index is 1.62. The van der Waals surface area contributed by atoms with Crippen molar-refractivity contribution in [1.82, 2.24) is 10.3 Å². The number of rotatable bonds is 7. The van der Waals surface area contributed by atoms with Crippen LogP contribution >= 0.6 is 22.7 Å². The molecule has 2 aromatic heterocycles. The Kier molecular flexibility index (Phi) is 4.06. The van der Waals surface area contributed by atoms with E-state index in [1.807, 2.05) is 6.07 Å². The third-order valence-corrected chi connectivity index (χ3v) is 6.73. The molecule has 0 saturated heterocycles. The van der Waals surface area contributed by atoms with Crippen LogP contribution in [0.1, 0.15) is 17.7 Å². The zero-order valence-corrected chi connectivity index (χ0v) is 13.2. The van der Waals surface area contributed by atoms with Gasteiger partial charge in [0.2, 0.25) is 0 Å². The third kappa shape index (κ3) is 3.57. The van der Waals surface area contributed by atoms with Crippen molar-refractivity contribution < 1.29 is 8.42 Å². The standard InChI is InChI=1S/C12H15N3O2S3/c16-20(17,15-12-14-7-8-18-12)11-4-3-10(19-11)5-6-13-9-1-2-9/h3-4,7-9,13H,1-2,5-6H2,(H,14,15). The SMILES string of the molecule is O=S(=O)(Nc1nccs1)c1ccc(CCNC2CC2)s1. The van der Waals surface area contributed by atoms with Gasteiger partial charge in [0.25, 0.3) is 10.0 Å². The lowest BCUT2D eigenvalue weighted by molar-refractivity contribution is 0.603. The Morgan fingerprint density at radius 2 is 2.20 bits per heavy atom. The molecule has 0 radical (unpaired) electrons. The minimum atomic E-state index is -3.50. The molecule has 0 unspecified atom stereocenters. The highest BCUT2D eigenvalue weighted by Crippen LogP contribution is 2.25. The molecular weight excluding hydrogens is 314 g/mol. The Bertz CT molecular complexity index is 660. The zero-order valence-electron chi connectivity index (χ0n) is 10.7. The molecule has 1 aliphatic rings. The van der Waals surface area contributed by atoms with E-state index in [0.29, 0.717) is 15.4 Å². The highest BCUT2D eigenvalue weighted by Gasteiger charge is 2.20. The van der Waals surface area contributed by atoms with Gasteiger partial charge >= 0.3 is 0 Å². The van der Waals surface area contributed by atoms with Gasteiger partial charge in [-0.25, -0.2) is 13.4 Å². The maximum absolute atomic E-state index is 12.2. The first kappa shape index (κ1) is 14.0. The lowest BCUT2D eigenvalue weighted by Crippen LogP contribution is -2.18. The molecule has 108 valence electrons. The lowest BCUT2D eigenvalue weighted by atomic mass is 10.3. The van der Waals surface area contributed by atoms with Crippen LogP contribution in [0.3, 0.4) is 0 Å². The molecule has 0 bridgehead atoms. The van der Waals surface area contributed by atoms with E-state index < -0.39 is 10.0 Å². The smallest absolute Gasteiger partial charge is 0.273 e. The van der Waals surface area contributed by atoms with E-state index in [1.165, 1.54) is 35.5 Å². The summed E-state index contributed by atoms with van der Waals surface area (Å²) in [5.41, 5.74) is 0. The molecule has 0 atom stereocenters. The van der Waals surface area contributed by atoms with Gasteiger partial charge in [0.15, 0.2) is 5.13 Å². The summed E-state index contributed by atoms with van der Waals surface area (Å²) in [6, 6.07) is 4.23. The van der Waals surface area contributed by atoms with E-state index in [1.54, 1.807) is 17.6 Å². The fourth-order valence-corrected chi connectivity index (χ4v) is 4.91. The highest BCUT2D eigenvalue weighted by atomic mass is 32.2. The molecule has 2 N–H and O–H groups in total. The van der Waals surface area contributed by atoms with Crippen molar-refractivity contribution >= 4 is 37.8 Å². The predicted molar refractivity (Wildman–Crippen MR) is 82.0 cm³/mol. The topological polar surface area (TPSA) is 71.1 Å². The van der Waals surface area contributed by atoms with Crippen LogP contribution in [0.2, 0.25) is 0 Å². The molecule has 3 rings (SSSR count). The predicted octanol–water partition coefficient (Wildman–Crippen LogP) is 2.30. The van der Waals surface area contributed by atoms with E-state index in [4.69, 9.17) is 0 Å². The number of hydrogen-bond acceptors (Lipinski definition) is 6. The molecule has 1 aliphatic carbocycles. The second kappa shape index (κ2) is 5.80. The summed E-state index contributed by atoms with van der Waals surface area (Å²) in [6.07, 6.45) is 4.98. The van der Waals surface area contributed by atoms with E-state index >= 15 is 0 Å². The van der Waals surface area contributed by atoms with Crippen LogP contribution in [0.25, 0.3) is 0 Å². The van der Waals surface area contributed by atoms with Crippen LogP contribution in [0, 0.1) is 0 Å². The second-order valence-corrected chi connectivity index (χ2v) is 8.61. The summed E-state index contributed by atoms with van der Waals surface area (Å²) in [5.74, 6) is 0. The van der Waals surface area contributed by atoms with E-state index in [9.17, 15) is 8.42 Å². The van der Waals surface area contributed by atoms with Gasteiger partial charge in [-0.2, -0.15) is 0 Å². The summed E-state index contributed by atoms with van der Waals surface area (Å²) >= 11 is 2.59. The number of anilines is 1. The first-order valence-corrected chi connectivity index (χ1v) is 9.56. The van der Waals surface area contributed by atoms with Crippen LogP contribution < -0.4 is 10.0 Å². The molecule has 0 aromatic carbocycles. The average molecular weight is 329 g/mol. The Morgan fingerprint density at radius 1 is 1.35 bits per heavy atom. The van der Waals surface area contributed by atoms with Gasteiger partial charge in [0.05, 0.1) is 0 Å². The number of thiophene rings is 1. The quantitative estimate of drug-likeness (QED) is 0.818. The first-order chi connectivity index (χ1) is 9.63. The number of aromatic nitrogens is 1. The van der Waals surface area contributed by atoms with Gasteiger partial charge in [-0.15, -0.1) is 22.7 Å². The number of hydrogen-bond donors (Lipinski definition) is 2. The van der Waals surface area contributed by atoms with Crippen molar-refractivity contribution in [3.8, 4) is 0 Å². The van der Waals surface area contributed by atoms with Crippen LogP contribution in [0.15, 0.2) is 27.9 Å². The fraction of sp³-hybridized carbons (Fsp3) is 0.417. The monoisotopic (exact) mass is 329 g/mol. The largest absolute Gasteiger partial charge is 0.314 e. The van der Waals surface area contributed by atoms with Crippen molar-refractivity contribution in [2.24, 2.45) is 0 Å². The van der Waals surface area contributed by atoms with Gasteiger partial charge in [0.1, 0.15) is 4.21 Å². The summed E-state index contributed by atoms with van der Waals surface area (Å²) in [4.78, 5) is 5.01. The maximum Gasteiger partial charge on any atom is 0.273 e. The molecule has 1 saturated carbocycles. The van der Waals surface area contributed by atoms with E-state index in [-0.39, 0.29) is 0 Å². The summed E-state index contributed by atoms with van der Waals surface area (Å²) in [5, 5.41) is 5.56. The number of nitrogens with zero attached hydrogens (tertiary/aromatic N) is 1. The van der Waals surface area contributed by atoms with Crippen molar-refractivity contribution in [3.63, 3.8) is 0 Å². The normalized spacial score (nSPS) is 15.4. The molecule has 2 heterocycles. The molecule has 5 nitrogen and oxygen atoms in total. The molecule has 20 heavy (non-hydrogen) atoms. The van der Waals surface area contributed by atoms with Crippen molar-refractivity contribution in [1.29, 1.82) is 0 Å². The van der Waals surface area contributed by atoms with Gasteiger partial charge in [0, 0.05) is 29.0 Å². The molecule has 8 heteroatoms. The maximum atomic E-state index is 12.2. The minimum Gasteiger partial charge on any atom is -0.314 e. The van der Waals surface area contributed by atoms with E-state index in [0.717, 1.165) is 17.8 Å². The Hall–Kier alpha value is -0.960. The zero-order chi connectivity index (χ0) is 14.0. The molecular formula is C12H15N3O2S3. The van der Waals surface area contributed by atoms with Gasteiger partial charge in [-0.05, 0) is 31.4 Å². The number of nitrogens with one attached hydrogen (secondary N) is 2. The number of thiazole rings is 1. The van der Waals surface area contributed by atoms with Crippen LogP contribution in [-0.4, -0.2) is 26.0 Å². The summed E-state index contributed by atoms with van der Waals surface area (Å²) < 4.78 is 27.1. The molecule has 1 fully saturated rings.